The number of fused-ring (bicyclic) bond motifs is 3. The maximum Gasteiger partial charge on any atom is 0.407 e. The largest absolute Gasteiger partial charge is 0.480 e. The SMILES string of the molecule is CC1(C)CCN(C(=O)CC2CC(NC(=O)OCC3c4ccccc4-c4ccccc43)C2)C1C(=O)O. The molecule has 5 rings (SSSR count). The van der Waals surface area contributed by atoms with Gasteiger partial charge in [-0.15, -0.1) is 0 Å². The van der Waals surface area contributed by atoms with Crippen LogP contribution in [0.5, 0.6) is 0 Å². The fourth-order valence-electron chi connectivity index (χ4n) is 6.02. The van der Waals surface area contributed by atoms with Gasteiger partial charge in [-0.3, -0.25) is 4.79 Å². The van der Waals surface area contributed by atoms with Crippen LogP contribution in [-0.2, 0) is 14.3 Å². The van der Waals surface area contributed by atoms with Crippen molar-refractivity contribution in [3.05, 3.63) is 59.7 Å². The Morgan fingerprint density at radius 3 is 2.23 bits per heavy atom. The molecule has 1 heterocycles. The van der Waals surface area contributed by atoms with E-state index in [4.69, 9.17) is 4.74 Å². The lowest BCUT2D eigenvalue weighted by molar-refractivity contribution is -0.151. The van der Waals surface area contributed by atoms with Crippen molar-refractivity contribution in [1.82, 2.24) is 10.2 Å². The lowest BCUT2D eigenvalue weighted by Crippen LogP contribution is -2.49. The van der Waals surface area contributed by atoms with Gasteiger partial charge in [-0.1, -0.05) is 62.4 Å². The summed E-state index contributed by atoms with van der Waals surface area (Å²) in [5.41, 5.74) is 4.31. The third-order valence-electron chi connectivity index (χ3n) is 7.97. The number of nitrogens with zero attached hydrogens (tertiary/aromatic N) is 1. The third-order valence-corrected chi connectivity index (χ3v) is 7.97. The Morgan fingerprint density at radius 1 is 1.03 bits per heavy atom. The van der Waals surface area contributed by atoms with Gasteiger partial charge in [-0.05, 0) is 52.8 Å². The highest BCUT2D eigenvalue weighted by Gasteiger charge is 2.47. The van der Waals surface area contributed by atoms with Crippen molar-refractivity contribution in [2.75, 3.05) is 13.2 Å². The van der Waals surface area contributed by atoms with Gasteiger partial charge in [0, 0.05) is 24.9 Å². The van der Waals surface area contributed by atoms with Crippen LogP contribution in [0.3, 0.4) is 0 Å². The highest BCUT2D eigenvalue weighted by atomic mass is 16.5. The molecule has 1 atom stereocenters. The molecule has 1 saturated heterocycles. The molecular weight excluding hydrogens is 444 g/mol. The Balaban J connectivity index is 1.09. The Morgan fingerprint density at radius 2 is 1.63 bits per heavy atom. The van der Waals surface area contributed by atoms with E-state index in [9.17, 15) is 19.5 Å². The van der Waals surface area contributed by atoms with E-state index in [-0.39, 0.29) is 30.4 Å². The fourth-order valence-corrected chi connectivity index (χ4v) is 6.02. The Hall–Kier alpha value is -3.35. The first-order chi connectivity index (χ1) is 16.7. The monoisotopic (exact) mass is 476 g/mol. The number of aliphatic carboxylic acids is 1. The van der Waals surface area contributed by atoms with Crippen LogP contribution in [0.2, 0.25) is 0 Å². The van der Waals surface area contributed by atoms with Crippen LogP contribution in [0.15, 0.2) is 48.5 Å². The second-order valence-corrected chi connectivity index (χ2v) is 10.8. The molecule has 2 aliphatic carbocycles. The van der Waals surface area contributed by atoms with E-state index >= 15 is 0 Å². The Kier molecular flexibility index (Phi) is 6.03. The minimum atomic E-state index is -0.941. The zero-order valence-corrected chi connectivity index (χ0v) is 20.2. The van der Waals surface area contributed by atoms with E-state index in [1.54, 1.807) is 0 Å². The number of carbonyl (C=O) groups is 3. The van der Waals surface area contributed by atoms with Gasteiger partial charge in [0.15, 0.2) is 0 Å². The number of hydrogen-bond donors (Lipinski definition) is 2. The van der Waals surface area contributed by atoms with Crippen molar-refractivity contribution < 1.29 is 24.2 Å². The van der Waals surface area contributed by atoms with Crippen molar-refractivity contribution in [3.8, 4) is 11.1 Å². The molecule has 0 bridgehead atoms. The zero-order chi connectivity index (χ0) is 24.7. The molecule has 35 heavy (non-hydrogen) atoms. The third kappa shape index (κ3) is 4.40. The number of alkyl carbamates (subject to hydrolysis) is 1. The van der Waals surface area contributed by atoms with Gasteiger partial charge in [0.2, 0.25) is 5.91 Å². The van der Waals surface area contributed by atoms with Crippen LogP contribution in [0.1, 0.15) is 56.6 Å². The van der Waals surface area contributed by atoms with E-state index in [0.717, 1.165) is 0 Å². The number of likely N-dealkylation sites (tertiary alicyclic amines) is 1. The summed E-state index contributed by atoms with van der Waals surface area (Å²) in [5, 5.41) is 12.5. The van der Waals surface area contributed by atoms with Crippen molar-refractivity contribution in [2.45, 2.75) is 57.5 Å². The van der Waals surface area contributed by atoms with Crippen LogP contribution in [0, 0.1) is 11.3 Å². The van der Waals surface area contributed by atoms with E-state index in [0.29, 0.717) is 32.2 Å². The summed E-state index contributed by atoms with van der Waals surface area (Å²) in [6, 6.07) is 15.7. The van der Waals surface area contributed by atoms with Gasteiger partial charge < -0.3 is 20.1 Å². The van der Waals surface area contributed by atoms with Gasteiger partial charge in [0.05, 0.1) is 0 Å². The molecule has 2 aromatic carbocycles. The van der Waals surface area contributed by atoms with Gasteiger partial charge in [-0.25, -0.2) is 9.59 Å². The van der Waals surface area contributed by atoms with Gasteiger partial charge in [0.25, 0.3) is 0 Å². The normalized spacial score (nSPS) is 24.3. The van der Waals surface area contributed by atoms with Gasteiger partial charge in [0.1, 0.15) is 12.6 Å². The minimum absolute atomic E-state index is 0.0197. The van der Waals surface area contributed by atoms with Crippen molar-refractivity contribution in [1.29, 1.82) is 0 Å². The molecule has 0 radical (unpaired) electrons. The summed E-state index contributed by atoms with van der Waals surface area (Å²) in [6.07, 6.45) is 1.97. The number of carbonyl (C=O) groups excluding carboxylic acids is 2. The number of carboxylic acids is 1. The number of amides is 2. The Labute approximate surface area is 205 Å². The molecule has 1 aliphatic heterocycles. The van der Waals surface area contributed by atoms with Gasteiger partial charge in [-0.2, -0.15) is 0 Å². The summed E-state index contributed by atoms with van der Waals surface area (Å²) in [7, 11) is 0. The van der Waals surface area contributed by atoms with E-state index in [1.165, 1.54) is 27.2 Å². The highest BCUT2D eigenvalue weighted by molar-refractivity contribution is 5.85. The summed E-state index contributed by atoms with van der Waals surface area (Å²) in [5.74, 6) is -0.872. The molecule has 7 heteroatoms. The van der Waals surface area contributed by atoms with Crippen LogP contribution >= 0.6 is 0 Å². The number of hydrogen-bond acceptors (Lipinski definition) is 4. The first-order valence-corrected chi connectivity index (χ1v) is 12.4. The molecule has 2 fully saturated rings. The first-order valence-electron chi connectivity index (χ1n) is 12.4. The second kappa shape index (κ2) is 9.02. The predicted octanol–water partition coefficient (Wildman–Crippen LogP) is 4.41. The summed E-state index contributed by atoms with van der Waals surface area (Å²) >= 11 is 0. The molecule has 1 saturated carbocycles. The lowest BCUT2D eigenvalue weighted by atomic mass is 9.78. The summed E-state index contributed by atoms with van der Waals surface area (Å²) in [6.45, 7) is 4.56. The van der Waals surface area contributed by atoms with Crippen LogP contribution in [0.25, 0.3) is 11.1 Å². The van der Waals surface area contributed by atoms with Crippen LogP contribution < -0.4 is 5.32 Å². The first kappa shape index (κ1) is 23.4. The molecule has 7 nitrogen and oxygen atoms in total. The van der Waals surface area contributed by atoms with E-state index in [1.807, 2.05) is 38.1 Å². The summed E-state index contributed by atoms with van der Waals surface area (Å²) in [4.78, 5) is 38.5. The lowest BCUT2D eigenvalue weighted by Gasteiger charge is -2.37. The average Bonchev–Trinajstić information content (AvgIpc) is 3.30. The maximum atomic E-state index is 12.8. The zero-order valence-electron chi connectivity index (χ0n) is 20.2. The van der Waals surface area contributed by atoms with E-state index in [2.05, 4.69) is 29.6 Å². The van der Waals surface area contributed by atoms with Crippen LogP contribution in [-0.4, -0.2) is 53.2 Å². The van der Waals surface area contributed by atoms with Crippen molar-refractivity contribution in [3.63, 3.8) is 0 Å². The number of rotatable bonds is 6. The average molecular weight is 477 g/mol. The molecule has 2 N–H and O–H groups in total. The molecule has 2 aromatic rings. The highest BCUT2D eigenvalue weighted by Crippen LogP contribution is 2.44. The summed E-state index contributed by atoms with van der Waals surface area (Å²) < 4.78 is 5.62. The van der Waals surface area contributed by atoms with E-state index < -0.39 is 23.5 Å². The smallest absolute Gasteiger partial charge is 0.407 e. The van der Waals surface area contributed by atoms with Crippen molar-refractivity contribution >= 4 is 18.0 Å². The number of ether oxygens (including phenoxy) is 1. The predicted molar refractivity (Wildman–Crippen MR) is 131 cm³/mol. The molecule has 184 valence electrons. The molecule has 3 aliphatic rings. The fraction of sp³-hybridized carbons (Fsp3) is 0.464. The molecule has 1 unspecified atom stereocenters. The molecule has 2 amide bonds. The number of carboxylic acid groups (broad SMARTS) is 1. The Bertz CT molecular complexity index is 1110. The second-order valence-electron chi connectivity index (χ2n) is 10.8. The van der Waals surface area contributed by atoms with Crippen LogP contribution in [0.4, 0.5) is 4.79 Å². The standard InChI is InChI=1S/C28H32N2O5/c1-28(2)11-12-30(25(28)26(32)33)24(31)15-17-13-18(14-17)29-27(34)35-16-23-21-9-5-3-7-19(21)20-8-4-6-10-22(20)23/h3-10,17-18,23,25H,11-16H2,1-2H3,(H,29,34)(H,32,33). The molecule has 0 aromatic heterocycles. The topological polar surface area (TPSA) is 95.9 Å². The van der Waals surface area contributed by atoms with Gasteiger partial charge >= 0.3 is 12.1 Å². The molecule has 0 spiro atoms. The maximum absolute atomic E-state index is 12.8. The van der Waals surface area contributed by atoms with Crippen molar-refractivity contribution in [2.24, 2.45) is 11.3 Å². The number of nitrogens with one attached hydrogen (secondary N) is 1. The molecular formula is C28H32N2O5. The number of benzene rings is 2. The minimum Gasteiger partial charge on any atom is -0.480 e. The quantitative estimate of drug-likeness (QED) is 0.644.